The van der Waals surface area contributed by atoms with Crippen molar-refractivity contribution < 1.29 is 17.6 Å². The standard InChI is InChI=1S/C16H22FN3O3S.ClH/c1-24(22,23)20-15-9-13(4-5-14(15)17)19-16(21)8-10-6-11-2-3-12(7-10)18-11;/h4-5,9-12,18,20H,2-3,6-8H2,1H3,(H,19,21);1H. The number of amides is 1. The second-order valence-corrected chi connectivity index (χ2v) is 8.54. The Bertz CT molecular complexity index is 732. The number of hydrogen-bond donors (Lipinski definition) is 3. The number of carbonyl (C=O) groups is 1. The summed E-state index contributed by atoms with van der Waals surface area (Å²) in [6.07, 6.45) is 5.76. The molecule has 0 radical (unpaired) electrons. The van der Waals surface area contributed by atoms with E-state index in [9.17, 15) is 17.6 Å². The third-order valence-corrected chi connectivity index (χ3v) is 5.18. The number of halogens is 2. The van der Waals surface area contributed by atoms with Gasteiger partial charge in [0.05, 0.1) is 11.9 Å². The maximum absolute atomic E-state index is 13.7. The van der Waals surface area contributed by atoms with E-state index >= 15 is 0 Å². The Hall–Kier alpha value is -1.38. The van der Waals surface area contributed by atoms with Crippen LogP contribution >= 0.6 is 12.4 Å². The fraction of sp³-hybridized carbons (Fsp3) is 0.562. The van der Waals surface area contributed by atoms with Crippen LogP contribution in [-0.2, 0) is 14.8 Å². The maximum atomic E-state index is 13.7. The molecule has 1 aromatic rings. The molecule has 9 heteroatoms. The first kappa shape index (κ1) is 19.9. The largest absolute Gasteiger partial charge is 0.326 e. The van der Waals surface area contributed by atoms with Gasteiger partial charge in [0.15, 0.2) is 0 Å². The van der Waals surface area contributed by atoms with Crippen LogP contribution in [-0.4, -0.2) is 32.7 Å². The molecule has 25 heavy (non-hydrogen) atoms. The Morgan fingerprint density at radius 3 is 2.52 bits per heavy atom. The Balaban J connectivity index is 0.00000225. The molecule has 0 saturated carbocycles. The lowest BCUT2D eigenvalue weighted by Crippen LogP contribution is -2.39. The molecule has 1 amide bonds. The van der Waals surface area contributed by atoms with Gasteiger partial charge in [0, 0.05) is 24.2 Å². The van der Waals surface area contributed by atoms with E-state index in [0.29, 0.717) is 30.1 Å². The first-order valence-corrected chi connectivity index (χ1v) is 10.0. The molecule has 0 aliphatic carbocycles. The van der Waals surface area contributed by atoms with E-state index in [1.807, 2.05) is 0 Å². The zero-order valence-corrected chi connectivity index (χ0v) is 15.6. The quantitative estimate of drug-likeness (QED) is 0.719. The maximum Gasteiger partial charge on any atom is 0.229 e. The van der Waals surface area contributed by atoms with Gasteiger partial charge in [-0.1, -0.05) is 0 Å². The van der Waals surface area contributed by atoms with Gasteiger partial charge in [0.2, 0.25) is 15.9 Å². The van der Waals surface area contributed by atoms with Gasteiger partial charge in [0.25, 0.3) is 0 Å². The average molecular weight is 392 g/mol. The van der Waals surface area contributed by atoms with Crippen molar-refractivity contribution >= 4 is 39.7 Å². The molecule has 2 saturated heterocycles. The molecular weight excluding hydrogens is 369 g/mol. The predicted octanol–water partition coefficient (Wildman–Crippen LogP) is 2.48. The fourth-order valence-electron chi connectivity index (χ4n) is 3.70. The highest BCUT2D eigenvalue weighted by Gasteiger charge is 2.34. The smallest absolute Gasteiger partial charge is 0.229 e. The molecule has 2 aliphatic heterocycles. The van der Waals surface area contributed by atoms with Crippen LogP contribution in [0.1, 0.15) is 32.1 Å². The first-order valence-electron chi connectivity index (χ1n) is 8.12. The normalized spacial score (nSPS) is 25.1. The van der Waals surface area contributed by atoms with Gasteiger partial charge in [-0.05, 0) is 49.8 Å². The van der Waals surface area contributed by atoms with Gasteiger partial charge in [-0.25, -0.2) is 12.8 Å². The van der Waals surface area contributed by atoms with Crippen LogP contribution in [0.5, 0.6) is 0 Å². The molecule has 2 atom stereocenters. The number of nitrogens with one attached hydrogen (secondary N) is 3. The Morgan fingerprint density at radius 2 is 1.92 bits per heavy atom. The average Bonchev–Trinajstić information content (AvgIpc) is 2.80. The van der Waals surface area contributed by atoms with Crippen LogP contribution in [0.3, 0.4) is 0 Å². The summed E-state index contributed by atoms with van der Waals surface area (Å²) in [4.78, 5) is 12.2. The minimum Gasteiger partial charge on any atom is -0.326 e. The van der Waals surface area contributed by atoms with Crippen molar-refractivity contribution in [1.29, 1.82) is 0 Å². The summed E-state index contributed by atoms with van der Waals surface area (Å²) in [7, 11) is -3.58. The van der Waals surface area contributed by atoms with E-state index in [4.69, 9.17) is 0 Å². The predicted molar refractivity (Wildman–Crippen MR) is 98.0 cm³/mol. The molecule has 3 N–H and O–H groups in total. The van der Waals surface area contributed by atoms with Crippen molar-refractivity contribution in [3.05, 3.63) is 24.0 Å². The summed E-state index contributed by atoms with van der Waals surface area (Å²) in [5, 5.41) is 6.27. The number of sulfonamides is 1. The summed E-state index contributed by atoms with van der Waals surface area (Å²) < 4.78 is 38.2. The highest BCUT2D eigenvalue weighted by atomic mass is 35.5. The minimum absolute atomic E-state index is 0. The third-order valence-electron chi connectivity index (χ3n) is 4.59. The Morgan fingerprint density at radius 1 is 1.28 bits per heavy atom. The molecule has 2 fully saturated rings. The van der Waals surface area contributed by atoms with Crippen molar-refractivity contribution in [3.63, 3.8) is 0 Å². The molecule has 0 aromatic heterocycles. The van der Waals surface area contributed by atoms with Crippen LogP contribution in [0.2, 0.25) is 0 Å². The number of carbonyl (C=O) groups excluding carboxylic acids is 1. The second-order valence-electron chi connectivity index (χ2n) is 6.80. The van der Waals surface area contributed by atoms with Crippen molar-refractivity contribution in [2.24, 2.45) is 5.92 Å². The summed E-state index contributed by atoms with van der Waals surface area (Å²) in [5.74, 6) is -0.454. The minimum atomic E-state index is -3.58. The number of anilines is 2. The van der Waals surface area contributed by atoms with Crippen LogP contribution in [0, 0.1) is 11.7 Å². The zero-order chi connectivity index (χ0) is 17.3. The molecule has 2 aliphatic rings. The molecule has 1 aromatic carbocycles. The topological polar surface area (TPSA) is 87.3 Å². The second kappa shape index (κ2) is 7.88. The van der Waals surface area contributed by atoms with Crippen molar-refractivity contribution in [2.75, 3.05) is 16.3 Å². The lowest BCUT2D eigenvalue weighted by Gasteiger charge is -2.28. The zero-order valence-electron chi connectivity index (χ0n) is 13.9. The number of piperidine rings is 1. The van der Waals surface area contributed by atoms with E-state index in [0.717, 1.165) is 25.2 Å². The number of hydrogen-bond acceptors (Lipinski definition) is 4. The van der Waals surface area contributed by atoms with Crippen molar-refractivity contribution in [3.8, 4) is 0 Å². The van der Waals surface area contributed by atoms with Crippen LogP contribution in [0.25, 0.3) is 0 Å². The molecular formula is C16H23ClFN3O3S. The fourth-order valence-corrected chi connectivity index (χ4v) is 4.25. The molecule has 2 bridgehead atoms. The van der Waals surface area contributed by atoms with Crippen LogP contribution < -0.4 is 15.4 Å². The highest BCUT2D eigenvalue weighted by Crippen LogP contribution is 2.33. The lowest BCUT2D eigenvalue weighted by atomic mass is 9.89. The molecule has 6 nitrogen and oxygen atoms in total. The van der Waals surface area contributed by atoms with E-state index in [2.05, 4.69) is 15.4 Å². The van der Waals surface area contributed by atoms with Crippen molar-refractivity contribution in [1.82, 2.24) is 5.32 Å². The third kappa shape index (κ3) is 5.55. The van der Waals surface area contributed by atoms with Gasteiger partial charge in [0.1, 0.15) is 5.82 Å². The SMILES string of the molecule is CS(=O)(=O)Nc1cc(NC(=O)CC2CC3CCC(C2)N3)ccc1F.Cl. The monoisotopic (exact) mass is 391 g/mol. The summed E-state index contributed by atoms with van der Waals surface area (Å²) in [6, 6.07) is 4.90. The Labute approximate surface area is 153 Å². The van der Waals surface area contributed by atoms with Crippen molar-refractivity contribution in [2.45, 2.75) is 44.2 Å². The van der Waals surface area contributed by atoms with Gasteiger partial charge in [-0.3, -0.25) is 9.52 Å². The van der Waals surface area contributed by atoms with Gasteiger partial charge in [-0.15, -0.1) is 12.4 Å². The summed E-state index contributed by atoms with van der Waals surface area (Å²) in [6.45, 7) is 0. The van der Waals surface area contributed by atoms with E-state index in [1.165, 1.54) is 25.0 Å². The van der Waals surface area contributed by atoms with Gasteiger partial charge >= 0.3 is 0 Å². The van der Waals surface area contributed by atoms with Crippen LogP contribution in [0.15, 0.2) is 18.2 Å². The van der Waals surface area contributed by atoms with E-state index < -0.39 is 15.8 Å². The van der Waals surface area contributed by atoms with E-state index in [1.54, 1.807) is 0 Å². The molecule has 2 heterocycles. The molecule has 2 unspecified atom stereocenters. The molecule has 3 rings (SSSR count). The summed E-state index contributed by atoms with van der Waals surface area (Å²) in [5.41, 5.74) is 0.208. The number of fused-ring (bicyclic) bond motifs is 2. The molecule has 140 valence electrons. The number of rotatable bonds is 5. The Kier molecular flexibility index (Phi) is 6.29. The first-order chi connectivity index (χ1) is 11.3. The van der Waals surface area contributed by atoms with Gasteiger partial charge < -0.3 is 10.6 Å². The molecule has 0 spiro atoms. The lowest BCUT2D eigenvalue weighted by molar-refractivity contribution is -0.117. The van der Waals surface area contributed by atoms with Gasteiger partial charge in [-0.2, -0.15) is 0 Å². The highest BCUT2D eigenvalue weighted by molar-refractivity contribution is 7.92. The van der Waals surface area contributed by atoms with E-state index in [-0.39, 0.29) is 24.0 Å². The van der Waals surface area contributed by atoms with Crippen LogP contribution in [0.4, 0.5) is 15.8 Å². The number of benzene rings is 1. The summed E-state index contributed by atoms with van der Waals surface area (Å²) >= 11 is 0.